The Labute approximate surface area is 144 Å². The highest BCUT2D eigenvalue weighted by atomic mass is 16.5. The van der Waals surface area contributed by atoms with Crippen LogP contribution >= 0.6 is 0 Å². The van der Waals surface area contributed by atoms with Gasteiger partial charge in [0.1, 0.15) is 5.75 Å². The van der Waals surface area contributed by atoms with Crippen LogP contribution in [0.4, 0.5) is 0 Å². The predicted molar refractivity (Wildman–Crippen MR) is 97.0 cm³/mol. The lowest BCUT2D eigenvalue weighted by atomic mass is 10.1. The molecule has 0 aliphatic heterocycles. The quantitative estimate of drug-likeness (QED) is 0.778. The maximum atomic E-state index is 11.2. The van der Waals surface area contributed by atoms with Gasteiger partial charge in [-0.2, -0.15) is 0 Å². The molecular formula is C20H26N2O2. The second-order valence-corrected chi connectivity index (χ2v) is 6.44. The Hall–Kier alpha value is -2.33. The van der Waals surface area contributed by atoms with Crippen LogP contribution in [0.25, 0.3) is 0 Å². The third-order valence-corrected chi connectivity index (χ3v) is 3.79. The molecule has 2 rings (SSSR count). The van der Waals surface area contributed by atoms with Crippen molar-refractivity contribution in [2.24, 2.45) is 11.7 Å². The van der Waals surface area contributed by atoms with Gasteiger partial charge in [-0.3, -0.25) is 4.79 Å². The standard InChI is InChI=1S/C20H26N2O2/c1-14(2)13-24-19-9-7-17(8-10-19)15(3)22-12-16-5-4-6-18(11-16)20(21)23/h4-11,14-15,22H,12-13H2,1-3H3,(H2,21,23). The van der Waals surface area contributed by atoms with Crippen LogP contribution in [-0.2, 0) is 6.54 Å². The number of ether oxygens (including phenoxy) is 1. The molecule has 0 aliphatic carbocycles. The Morgan fingerprint density at radius 3 is 2.46 bits per heavy atom. The van der Waals surface area contributed by atoms with Crippen LogP contribution in [0, 0.1) is 5.92 Å². The lowest BCUT2D eigenvalue weighted by Gasteiger charge is -2.16. The molecule has 0 aromatic heterocycles. The van der Waals surface area contributed by atoms with E-state index in [0.717, 1.165) is 17.9 Å². The van der Waals surface area contributed by atoms with Crippen LogP contribution in [0.1, 0.15) is 48.3 Å². The van der Waals surface area contributed by atoms with Crippen molar-refractivity contribution in [2.75, 3.05) is 6.61 Å². The first-order valence-electron chi connectivity index (χ1n) is 8.30. The van der Waals surface area contributed by atoms with E-state index in [-0.39, 0.29) is 6.04 Å². The molecule has 0 saturated heterocycles. The summed E-state index contributed by atoms with van der Waals surface area (Å²) in [5.41, 5.74) is 8.08. The first kappa shape index (κ1) is 18.0. The van der Waals surface area contributed by atoms with E-state index in [1.54, 1.807) is 6.07 Å². The maximum Gasteiger partial charge on any atom is 0.248 e. The lowest BCUT2D eigenvalue weighted by molar-refractivity contribution is 0.1000. The van der Waals surface area contributed by atoms with Crippen molar-refractivity contribution >= 4 is 5.91 Å². The summed E-state index contributed by atoms with van der Waals surface area (Å²) in [5.74, 6) is 1.01. The van der Waals surface area contributed by atoms with Gasteiger partial charge in [0.25, 0.3) is 0 Å². The Morgan fingerprint density at radius 2 is 1.83 bits per heavy atom. The topological polar surface area (TPSA) is 64.3 Å². The van der Waals surface area contributed by atoms with E-state index < -0.39 is 5.91 Å². The van der Waals surface area contributed by atoms with Crippen molar-refractivity contribution in [3.63, 3.8) is 0 Å². The molecule has 128 valence electrons. The molecule has 0 radical (unpaired) electrons. The van der Waals surface area contributed by atoms with Crippen LogP contribution in [0.15, 0.2) is 48.5 Å². The van der Waals surface area contributed by atoms with Crippen molar-refractivity contribution < 1.29 is 9.53 Å². The average Bonchev–Trinajstić information content (AvgIpc) is 2.58. The minimum atomic E-state index is -0.401. The van der Waals surface area contributed by atoms with E-state index in [1.807, 2.05) is 30.3 Å². The Morgan fingerprint density at radius 1 is 1.12 bits per heavy atom. The normalized spacial score (nSPS) is 12.2. The van der Waals surface area contributed by atoms with Gasteiger partial charge in [-0.25, -0.2) is 0 Å². The van der Waals surface area contributed by atoms with Gasteiger partial charge in [0, 0.05) is 18.2 Å². The lowest BCUT2D eigenvalue weighted by Crippen LogP contribution is -2.18. The van der Waals surface area contributed by atoms with Gasteiger partial charge in [0.05, 0.1) is 6.61 Å². The molecule has 1 unspecified atom stereocenters. The molecule has 1 amide bonds. The molecule has 1 atom stereocenters. The first-order valence-corrected chi connectivity index (χ1v) is 8.30. The van der Waals surface area contributed by atoms with Crippen LogP contribution < -0.4 is 15.8 Å². The molecular weight excluding hydrogens is 300 g/mol. The fourth-order valence-corrected chi connectivity index (χ4v) is 2.34. The van der Waals surface area contributed by atoms with Crippen molar-refractivity contribution in [2.45, 2.75) is 33.4 Å². The molecule has 0 saturated carbocycles. The number of amides is 1. The summed E-state index contributed by atoms with van der Waals surface area (Å²) in [6, 6.07) is 15.7. The number of nitrogens with two attached hydrogens (primary N) is 1. The average molecular weight is 326 g/mol. The van der Waals surface area contributed by atoms with Gasteiger partial charge in [0.15, 0.2) is 0 Å². The van der Waals surface area contributed by atoms with Crippen molar-refractivity contribution in [1.82, 2.24) is 5.32 Å². The van der Waals surface area contributed by atoms with Gasteiger partial charge in [-0.15, -0.1) is 0 Å². The molecule has 0 heterocycles. The fraction of sp³-hybridized carbons (Fsp3) is 0.350. The van der Waals surface area contributed by atoms with Crippen LogP contribution in [0.3, 0.4) is 0 Å². The van der Waals surface area contributed by atoms with E-state index in [4.69, 9.17) is 10.5 Å². The summed E-state index contributed by atoms with van der Waals surface area (Å²) in [4.78, 5) is 11.2. The van der Waals surface area contributed by atoms with Gasteiger partial charge in [-0.05, 0) is 48.2 Å². The van der Waals surface area contributed by atoms with Gasteiger partial charge < -0.3 is 15.8 Å². The van der Waals surface area contributed by atoms with Gasteiger partial charge in [0.2, 0.25) is 5.91 Å². The zero-order chi connectivity index (χ0) is 17.5. The van der Waals surface area contributed by atoms with E-state index >= 15 is 0 Å². The summed E-state index contributed by atoms with van der Waals surface area (Å²) >= 11 is 0. The highest BCUT2D eigenvalue weighted by Gasteiger charge is 2.07. The molecule has 0 aliphatic rings. The Balaban J connectivity index is 1.91. The second-order valence-electron chi connectivity index (χ2n) is 6.44. The van der Waals surface area contributed by atoms with Gasteiger partial charge in [-0.1, -0.05) is 38.1 Å². The fourth-order valence-electron chi connectivity index (χ4n) is 2.34. The third-order valence-electron chi connectivity index (χ3n) is 3.79. The molecule has 24 heavy (non-hydrogen) atoms. The molecule has 0 fully saturated rings. The highest BCUT2D eigenvalue weighted by Crippen LogP contribution is 2.18. The minimum absolute atomic E-state index is 0.196. The van der Waals surface area contributed by atoms with Crippen molar-refractivity contribution in [1.29, 1.82) is 0 Å². The van der Waals surface area contributed by atoms with Crippen LogP contribution in [-0.4, -0.2) is 12.5 Å². The number of hydrogen-bond donors (Lipinski definition) is 2. The Bertz CT molecular complexity index is 666. The minimum Gasteiger partial charge on any atom is -0.493 e. The van der Waals surface area contributed by atoms with E-state index in [1.165, 1.54) is 5.56 Å². The van der Waals surface area contributed by atoms with Crippen LogP contribution in [0.2, 0.25) is 0 Å². The summed E-state index contributed by atoms with van der Waals surface area (Å²) in [5, 5.41) is 3.46. The van der Waals surface area contributed by atoms with E-state index in [9.17, 15) is 4.79 Å². The molecule has 2 aromatic rings. The molecule has 3 N–H and O–H groups in total. The number of carbonyl (C=O) groups excluding carboxylic acids is 1. The zero-order valence-electron chi connectivity index (χ0n) is 14.6. The number of nitrogens with one attached hydrogen (secondary N) is 1. The van der Waals surface area contributed by atoms with E-state index in [2.05, 4.69) is 38.2 Å². The van der Waals surface area contributed by atoms with Crippen molar-refractivity contribution in [3.8, 4) is 5.75 Å². The number of primary amides is 1. The molecule has 0 bridgehead atoms. The van der Waals surface area contributed by atoms with Crippen LogP contribution in [0.5, 0.6) is 5.75 Å². The summed E-state index contributed by atoms with van der Waals surface area (Å²) in [6.07, 6.45) is 0. The SMILES string of the molecule is CC(C)COc1ccc(C(C)NCc2cccc(C(N)=O)c2)cc1. The third kappa shape index (κ3) is 5.39. The number of benzene rings is 2. The number of rotatable bonds is 8. The number of hydrogen-bond acceptors (Lipinski definition) is 3. The van der Waals surface area contributed by atoms with E-state index in [0.29, 0.717) is 18.0 Å². The molecule has 0 spiro atoms. The van der Waals surface area contributed by atoms with Crippen molar-refractivity contribution in [3.05, 3.63) is 65.2 Å². The summed E-state index contributed by atoms with van der Waals surface area (Å²) in [7, 11) is 0. The highest BCUT2D eigenvalue weighted by molar-refractivity contribution is 5.92. The largest absolute Gasteiger partial charge is 0.493 e. The second kappa shape index (κ2) is 8.50. The predicted octanol–water partition coefficient (Wildman–Crippen LogP) is 3.67. The number of carbonyl (C=O) groups is 1. The maximum absolute atomic E-state index is 11.2. The zero-order valence-corrected chi connectivity index (χ0v) is 14.6. The smallest absolute Gasteiger partial charge is 0.248 e. The summed E-state index contributed by atoms with van der Waals surface area (Å²) in [6.45, 7) is 7.78. The monoisotopic (exact) mass is 326 g/mol. The molecule has 4 nitrogen and oxygen atoms in total. The first-order chi connectivity index (χ1) is 11.5. The molecule has 2 aromatic carbocycles. The van der Waals surface area contributed by atoms with Gasteiger partial charge >= 0.3 is 0 Å². The Kier molecular flexibility index (Phi) is 6.38. The summed E-state index contributed by atoms with van der Waals surface area (Å²) < 4.78 is 5.70. The molecule has 4 heteroatoms.